The molecule has 0 unspecified atom stereocenters. The van der Waals surface area contributed by atoms with Crippen LogP contribution >= 0.6 is 0 Å². The van der Waals surface area contributed by atoms with Gasteiger partial charge in [-0.15, -0.1) is 10.2 Å². The Kier molecular flexibility index (Phi) is 4.27. The number of pyridine rings is 1. The number of aromatic nitrogens is 6. The zero-order valence-corrected chi connectivity index (χ0v) is 15.9. The second-order valence-electron chi connectivity index (χ2n) is 7.15. The first-order chi connectivity index (χ1) is 14.2. The van der Waals surface area contributed by atoms with Crippen LogP contribution in [0.4, 0.5) is 0 Å². The van der Waals surface area contributed by atoms with Gasteiger partial charge in [-0.05, 0) is 44.0 Å². The number of piperidine rings is 1. The van der Waals surface area contributed by atoms with Crippen molar-refractivity contribution < 1.29 is 9.32 Å². The Morgan fingerprint density at radius 3 is 2.72 bits per heavy atom. The zero-order valence-electron chi connectivity index (χ0n) is 15.9. The fraction of sp³-hybridized carbons (Fsp3) is 0.300. The molecule has 1 amide bonds. The summed E-state index contributed by atoms with van der Waals surface area (Å²) < 4.78 is 6.83. The first-order valence-corrected chi connectivity index (χ1v) is 9.54. The molecule has 5 heterocycles. The summed E-state index contributed by atoms with van der Waals surface area (Å²) in [6.45, 7) is 3.04. The summed E-state index contributed by atoms with van der Waals surface area (Å²) >= 11 is 0. The van der Waals surface area contributed by atoms with Crippen molar-refractivity contribution in [3.05, 3.63) is 60.0 Å². The van der Waals surface area contributed by atoms with Gasteiger partial charge in [0.2, 0.25) is 0 Å². The standard InChI is InChI=1S/C20H19N7O2/c1-13-16(12-22-29-13)20(28)26-9-6-14(7-10-26)19-24-23-18-5-4-17(25-27(18)19)15-3-2-8-21-11-15/h2-5,8,11-12,14H,6-7,9-10H2,1H3. The predicted octanol–water partition coefficient (Wildman–Crippen LogP) is 2.50. The van der Waals surface area contributed by atoms with Crippen LogP contribution in [0.25, 0.3) is 16.9 Å². The highest BCUT2D eigenvalue weighted by Gasteiger charge is 2.29. The van der Waals surface area contributed by atoms with Crippen LogP contribution in [-0.2, 0) is 0 Å². The number of rotatable bonds is 3. The monoisotopic (exact) mass is 389 g/mol. The molecule has 1 saturated heterocycles. The van der Waals surface area contributed by atoms with Gasteiger partial charge in [0, 0.05) is 37.0 Å². The highest BCUT2D eigenvalue weighted by molar-refractivity contribution is 5.94. The minimum atomic E-state index is -0.0368. The van der Waals surface area contributed by atoms with E-state index in [1.807, 2.05) is 33.7 Å². The SMILES string of the molecule is Cc1oncc1C(=O)N1CCC(c2nnc3ccc(-c4cccnc4)nn23)CC1. The topological polar surface area (TPSA) is 102 Å². The number of nitrogens with zero attached hydrogens (tertiary/aromatic N) is 7. The molecule has 1 aliphatic rings. The summed E-state index contributed by atoms with van der Waals surface area (Å²) in [4.78, 5) is 18.7. The normalized spacial score (nSPS) is 15.1. The van der Waals surface area contributed by atoms with E-state index in [0.717, 1.165) is 29.9 Å². The molecule has 146 valence electrons. The molecule has 1 aliphatic heterocycles. The molecule has 5 rings (SSSR count). The smallest absolute Gasteiger partial charge is 0.259 e. The minimum absolute atomic E-state index is 0.0368. The van der Waals surface area contributed by atoms with Gasteiger partial charge < -0.3 is 9.42 Å². The van der Waals surface area contributed by atoms with E-state index in [0.29, 0.717) is 30.1 Å². The van der Waals surface area contributed by atoms with Crippen molar-refractivity contribution in [2.75, 3.05) is 13.1 Å². The molecule has 0 N–H and O–H groups in total. The second kappa shape index (κ2) is 7.08. The number of fused-ring (bicyclic) bond motifs is 1. The number of hydrogen-bond donors (Lipinski definition) is 0. The third kappa shape index (κ3) is 3.14. The van der Waals surface area contributed by atoms with Gasteiger partial charge in [-0.3, -0.25) is 9.78 Å². The molecule has 9 nitrogen and oxygen atoms in total. The molecular weight excluding hydrogens is 370 g/mol. The Labute approximate surface area is 166 Å². The van der Waals surface area contributed by atoms with Crippen LogP contribution < -0.4 is 0 Å². The van der Waals surface area contributed by atoms with Crippen LogP contribution in [0.2, 0.25) is 0 Å². The van der Waals surface area contributed by atoms with Gasteiger partial charge in [0.25, 0.3) is 5.91 Å². The molecule has 0 saturated carbocycles. The lowest BCUT2D eigenvalue weighted by Crippen LogP contribution is -2.38. The van der Waals surface area contributed by atoms with Crippen molar-refractivity contribution in [3.63, 3.8) is 0 Å². The molecule has 0 atom stereocenters. The lowest BCUT2D eigenvalue weighted by molar-refractivity contribution is 0.0709. The second-order valence-corrected chi connectivity index (χ2v) is 7.15. The third-order valence-corrected chi connectivity index (χ3v) is 5.37. The molecule has 9 heteroatoms. The summed E-state index contributed by atoms with van der Waals surface area (Å²) in [6, 6.07) is 7.70. The fourth-order valence-electron chi connectivity index (χ4n) is 3.74. The Morgan fingerprint density at radius 1 is 1.14 bits per heavy atom. The van der Waals surface area contributed by atoms with E-state index >= 15 is 0 Å². The van der Waals surface area contributed by atoms with E-state index < -0.39 is 0 Å². The molecule has 0 spiro atoms. The molecule has 1 fully saturated rings. The lowest BCUT2D eigenvalue weighted by atomic mass is 9.95. The molecule has 0 bridgehead atoms. The molecule has 0 aromatic carbocycles. The van der Waals surface area contributed by atoms with Crippen molar-refractivity contribution >= 4 is 11.6 Å². The molecule has 0 aliphatic carbocycles. The number of amides is 1. The van der Waals surface area contributed by atoms with Gasteiger partial charge in [0.1, 0.15) is 11.3 Å². The van der Waals surface area contributed by atoms with Crippen LogP contribution in [0, 0.1) is 6.92 Å². The summed E-state index contributed by atoms with van der Waals surface area (Å²) in [5.41, 5.74) is 3.01. The Bertz CT molecular complexity index is 1160. The average molecular weight is 389 g/mol. The van der Waals surface area contributed by atoms with Crippen LogP contribution in [-0.4, -0.2) is 53.8 Å². The van der Waals surface area contributed by atoms with Crippen LogP contribution in [0.5, 0.6) is 0 Å². The molecular formula is C20H19N7O2. The van der Waals surface area contributed by atoms with E-state index in [1.165, 1.54) is 6.20 Å². The van der Waals surface area contributed by atoms with Gasteiger partial charge in [0.15, 0.2) is 11.5 Å². The Balaban J connectivity index is 1.37. The Hall–Kier alpha value is -3.62. The van der Waals surface area contributed by atoms with Crippen molar-refractivity contribution in [3.8, 4) is 11.3 Å². The molecule has 4 aromatic heterocycles. The molecule has 29 heavy (non-hydrogen) atoms. The van der Waals surface area contributed by atoms with E-state index in [1.54, 1.807) is 19.3 Å². The molecule has 4 aromatic rings. The van der Waals surface area contributed by atoms with Crippen LogP contribution in [0.15, 0.2) is 47.4 Å². The number of aryl methyl sites for hydroxylation is 1. The number of carbonyl (C=O) groups is 1. The van der Waals surface area contributed by atoms with E-state index in [9.17, 15) is 4.79 Å². The van der Waals surface area contributed by atoms with Gasteiger partial charge >= 0.3 is 0 Å². The molecule has 0 radical (unpaired) electrons. The first kappa shape index (κ1) is 17.5. The summed E-state index contributed by atoms with van der Waals surface area (Å²) in [5.74, 6) is 1.53. The number of carbonyl (C=O) groups excluding carboxylic acids is 1. The fourth-order valence-corrected chi connectivity index (χ4v) is 3.74. The van der Waals surface area contributed by atoms with Gasteiger partial charge in [-0.25, -0.2) is 0 Å². The number of hydrogen-bond acceptors (Lipinski definition) is 7. The van der Waals surface area contributed by atoms with Crippen LogP contribution in [0.3, 0.4) is 0 Å². The van der Waals surface area contributed by atoms with Crippen molar-refractivity contribution in [2.45, 2.75) is 25.7 Å². The quantitative estimate of drug-likeness (QED) is 0.530. The van der Waals surface area contributed by atoms with Crippen molar-refractivity contribution in [2.24, 2.45) is 0 Å². The van der Waals surface area contributed by atoms with Gasteiger partial charge in [-0.1, -0.05) is 5.16 Å². The van der Waals surface area contributed by atoms with E-state index in [4.69, 9.17) is 9.62 Å². The van der Waals surface area contributed by atoms with Crippen molar-refractivity contribution in [1.29, 1.82) is 0 Å². The largest absolute Gasteiger partial charge is 0.361 e. The Morgan fingerprint density at radius 2 is 2.00 bits per heavy atom. The maximum atomic E-state index is 12.7. The highest BCUT2D eigenvalue weighted by Crippen LogP contribution is 2.28. The van der Waals surface area contributed by atoms with Gasteiger partial charge in [0.05, 0.1) is 11.9 Å². The average Bonchev–Trinajstić information content (AvgIpc) is 3.39. The summed E-state index contributed by atoms with van der Waals surface area (Å²) in [5, 5.41) is 17.1. The zero-order chi connectivity index (χ0) is 19.8. The van der Waals surface area contributed by atoms with E-state index in [2.05, 4.69) is 20.3 Å². The predicted molar refractivity (Wildman–Crippen MR) is 103 cm³/mol. The van der Waals surface area contributed by atoms with Crippen molar-refractivity contribution in [1.82, 2.24) is 34.9 Å². The maximum Gasteiger partial charge on any atom is 0.259 e. The number of likely N-dealkylation sites (tertiary alicyclic amines) is 1. The summed E-state index contributed by atoms with van der Waals surface area (Å²) in [7, 11) is 0. The maximum absolute atomic E-state index is 12.7. The highest BCUT2D eigenvalue weighted by atomic mass is 16.5. The minimum Gasteiger partial charge on any atom is -0.361 e. The first-order valence-electron chi connectivity index (χ1n) is 9.54. The van der Waals surface area contributed by atoms with Crippen LogP contribution in [0.1, 0.15) is 40.7 Å². The van der Waals surface area contributed by atoms with Gasteiger partial charge in [-0.2, -0.15) is 9.61 Å². The van der Waals surface area contributed by atoms with E-state index in [-0.39, 0.29) is 11.8 Å². The third-order valence-electron chi connectivity index (χ3n) is 5.37. The summed E-state index contributed by atoms with van der Waals surface area (Å²) in [6.07, 6.45) is 6.61. The lowest BCUT2D eigenvalue weighted by Gasteiger charge is -2.30.